The average Bonchev–Trinajstić information content (AvgIpc) is 3.18. The molecule has 0 spiro atoms. The number of anilines is 1. The van der Waals surface area contributed by atoms with E-state index in [4.69, 9.17) is 11.6 Å². The summed E-state index contributed by atoms with van der Waals surface area (Å²) in [6.45, 7) is 6.92. The molecule has 0 radical (unpaired) electrons. The van der Waals surface area contributed by atoms with Gasteiger partial charge in [-0.05, 0) is 54.9 Å². The first-order valence-corrected chi connectivity index (χ1v) is 11.1. The molecule has 1 heterocycles. The number of nitrogens with zero attached hydrogens (tertiary/aromatic N) is 2. The lowest BCUT2D eigenvalue weighted by Gasteiger charge is -2.34. The highest BCUT2D eigenvalue weighted by atomic mass is 35.5. The zero-order valence-corrected chi connectivity index (χ0v) is 18.4. The summed E-state index contributed by atoms with van der Waals surface area (Å²) in [4.78, 5) is 24.5. The van der Waals surface area contributed by atoms with Crippen LogP contribution in [0.4, 0.5) is 5.69 Å². The zero-order chi connectivity index (χ0) is 20.8. The highest BCUT2D eigenvalue weighted by Crippen LogP contribution is 2.64. The molecule has 8 heteroatoms. The summed E-state index contributed by atoms with van der Waals surface area (Å²) >= 11 is 7.11. The summed E-state index contributed by atoms with van der Waals surface area (Å²) < 4.78 is 0. The molecule has 3 fully saturated rings. The molecule has 2 amide bonds. The Kier molecular flexibility index (Phi) is 5.23. The van der Waals surface area contributed by atoms with E-state index >= 15 is 0 Å². The number of amides is 2. The molecule has 29 heavy (non-hydrogen) atoms. The van der Waals surface area contributed by atoms with Crippen LogP contribution in [0.1, 0.15) is 46.5 Å². The Hall–Kier alpha value is -1.86. The van der Waals surface area contributed by atoms with Crippen molar-refractivity contribution < 1.29 is 9.59 Å². The van der Waals surface area contributed by atoms with Crippen molar-refractivity contribution in [1.82, 2.24) is 5.32 Å². The van der Waals surface area contributed by atoms with Crippen LogP contribution in [-0.2, 0) is 9.59 Å². The summed E-state index contributed by atoms with van der Waals surface area (Å²) in [5, 5.41) is 15.0. The molecule has 3 aliphatic rings. The number of halogens is 1. The average molecular weight is 433 g/mol. The smallest absolute Gasteiger partial charge is 0.240 e. The molecule has 1 aromatic carbocycles. The van der Waals surface area contributed by atoms with Crippen LogP contribution in [-0.4, -0.2) is 27.9 Å². The second kappa shape index (κ2) is 7.43. The molecule has 0 aromatic heterocycles. The largest absolute Gasteiger partial charge is 0.326 e. The topological polar surface area (TPSA) is 82.9 Å². The summed E-state index contributed by atoms with van der Waals surface area (Å²) in [5.41, 5.74) is 2.09. The maximum Gasteiger partial charge on any atom is 0.240 e. The fourth-order valence-electron chi connectivity index (χ4n) is 4.69. The lowest BCUT2D eigenvalue weighted by Crippen LogP contribution is -2.32. The minimum absolute atomic E-state index is 0.0710. The van der Waals surface area contributed by atoms with Crippen molar-refractivity contribution in [3.8, 4) is 0 Å². The third-order valence-electron chi connectivity index (χ3n) is 7.05. The fourth-order valence-corrected chi connectivity index (χ4v) is 5.73. The van der Waals surface area contributed by atoms with E-state index in [1.54, 1.807) is 24.3 Å². The number of rotatable bonds is 4. The van der Waals surface area contributed by atoms with Crippen LogP contribution < -0.4 is 10.6 Å². The number of hydrogen-bond donors (Lipinski definition) is 2. The van der Waals surface area contributed by atoms with Gasteiger partial charge in [0.15, 0.2) is 5.17 Å². The molecule has 6 nitrogen and oxygen atoms in total. The number of fused-ring (bicyclic) bond motifs is 2. The molecule has 2 bridgehead atoms. The molecular weight excluding hydrogens is 408 g/mol. The molecule has 1 aliphatic heterocycles. The van der Waals surface area contributed by atoms with E-state index in [9.17, 15) is 9.59 Å². The van der Waals surface area contributed by atoms with Crippen LogP contribution in [0.2, 0.25) is 5.02 Å². The predicted molar refractivity (Wildman–Crippen MR) is 118 cm³/mol. The molecule has 1 aromatic rings. The first kappa shape index (κ1) is 20.4. The van der Waals surface area contributed by atoms with Crippen molar-refractivity contribution >= 4 is 51.7 Å². The third kappa shape index (κ3) is 3.70. The van der Waals surface area contributed by atoms with E-state index in [1.165, 1.54) is 18.2 Å². The Morgan fingerprint density at radius 1 is 1.28 bits per heavy atom. The number of carbonyl (C=O) groups excluding carboxylic acids is 2. The number of nitrogens with one attached hydrogen (secondary N) is 2. The molecule has 2 N–H and O–H groups in total. The van der Waals surface area contributed by atoms with E-state index in [0.717, 1.165) is 18.6 Å². The highest BCUT2D eigenvalue weighted by molar-refractivity contribution is 8.15. The lowest BCUT2D eigenvalue weighted by atomic mass is 9.70. The van der Waals surface area contributed by atoms with Gasteiger partial charge in [0, 0.05) is 28.3 Å². The van der Waals surface area contributed by atoms with Crippen molar-refractivity contribution in [2.45, 2.75) is 51.7 Å². The van der Waals surface area contributed by atoms with E-state index in [-0.39, 0.29) is 29.1 Å². The molecule has 2 aliphatic carbocycles. The van der Waals surface area contributed by atoms with E-state index in [0.29, 0.717) is 21.8 Å². The van der Waals surface area contributed by atoms with E-state index in [2.05, 4.69) is 41.6 Å². The summed E-state index contributed by atoms with van der Waals surface area (Å²) in [5.74, 6) is 0.219. The summed E-state index contributed by atoms with van der Waals surface area (Å²) in [7, 11) is 0. The van der Waals surface area contributed by atoms with Gasteiger partial charge >= 0.3 is 0 Å². The predicted octanol–water partition coefficient (Wildman–Crippen LogP) is 4.46. The first-order chi connectivity index (χ1) is 13.7. The van der Waals surface area contributed by atoms with Gasteiger partial charge in [0.2, 0.25) is 11.8 Å². The highest BCUT2D eigenvalue weighted by Gasteiger charge is 2.60. The first-order valence-electron chi connectivity index (χ1n) is 9.87. The Morgan fingerprint density at radius 2 is 2.00 bits per heavy atom. The molecule has 2 saturated carbocycles. The normalized spacial score (nSPS) is 32.8. The summed E-state index contributed by atoms with van der Waals surface area (Å²) in [6.07, 6.45) is 3.43. The van der Waals surface area contributed by atoms with Crippen molar-refractivity contribution in [2.75, 3.05) is 5.32 Å². The van der Waals surface area contributed by atoms with Crippen LogP contribution >= 0.6 is 23.4 Å². The second-order valence-corrected chi connectivity index (χ2v) is 10.4. The molecule has 3 atom stereocenters. The van der Waals surface area contributed by atoms with Gasteiger partial charge in [0.1, 0.15) is 5.25 Å². The van der Waals surface area contributed by atoms with Crippen LogP contribution in [0.3, 0.4) is 0 Å². The van der Waals surface area contributed by atoms with Gasteiger partial charge in [0.05, 0.1) is 0 Å². The minimum Gasteiger partial charge on any atom is -0.326 e. The Morgan fingerprint density at radius 3 is 2.62 bits per heavy atom. The maximum atomic E-state index is 12.3. The zero-order valence-electron chi connectivity index (χ0n) is 16.8. The van der Waals surface area contributed by atoms with E-state index in [1.807, 2.05) is 0 Å². The second-order valence-electron chi connectivity index (χ2n) is 8.80. The van der Waals surface area contributed by atoms with Crippen LogP contribution in [0.5, 0.6) is 0 Å². The minimum atomic E-state index is -0.506. The standard InChI is InChI=1S/C21H25ClN4O2S/c1-20(2)12-8-9-21(20,3)16(10-12)25-26-19-24-18(28)15(29-19)11-17(27)23-14-6-4-13(22)5-7-14/h4-7,12,15H,8-11H2,1-3H3,(H,23,27)(H,24,26,28)/b25-16+/t12-,15+,21+/m0/s1. The molecular formula is C21H25ClN4O2S. The van der Waals surface area contributed by atoms with E-state index < -0.39 is 5.25 Å². The molecule has 154 valence electrons. The van der Waals surface area contributed by atoms with Gasteiger partial charge in [-0.2, -0.15) is 5.10 Å². The Bertz CT molecular complexity index is 912. The van der Waals surface area contributed by atoms with Crippen molar-refractivity contribution in [3.63, 3.8) is 0 Å². The van der Waals surface area contributed by atoms with Crippen molar-refractivity contribution in [2.24, 2.45) is 27.0 Å². The monoisotopic (exact) mass is 432 g/mol. The van der Waals surface area contributed by atoms with Crippen molar-refractivity contribution in [1.29, 1.82) is 0 Å². The van der Waals surface area contributed by atoms with Gasteiger partial charge in [-0.3, -0.25) is 9.59 Å². The van der Waals surface area contributed by atoms with Gasteiger partial charge < -0.3 is 10.6 Å². The van der Waals surface area contributed by atoms with Crippen LogP contribution in [0.25, 0.3) is 0 Å². The Labute approximate surface area is 179 Å². The van der Waals surface area contributed by atoms with Gasteiger partial charge in [0.25, 0.3) is 0 Å². The molecule has 1 saturated heterocycles. The molecule has 0 unspecified atom stereocenters. The number of carbonyl (C=O) groups is 2. The maximum absolute atomic E-state index is 12.3. The number of thioether (sulfide) groups is 1. The van der Waals surface area contributed by atoms with Crippen LogP contribution in [0.15, 0.2) is 34.5 Å². The quantitative estimate of drug-likeness (QED) is 0.689. The SMILES string of the molecule is CC1(C)[C@H]2CC[C@]1(C)/C(=N/N=C1\NC(=O)[C@@H](CC(=O)Nc3ccc(Cl)cc3)S1)C2. The van der Waals surface area contributed by atoms with Crippen LogP contribution in [0, 0.1) is 16.7 Å². The van der Waals surface area contributed by atoms with Gasteiger partial charge in [-0.15, -0.1) is 5.10 Å². The van der Waals surface area contributed by atoms with Gasteiger partial charge in [-0.1, -0.05) is 44.1 Å². The molecule has 4 rings (SSSR count). The number of hydrogen-bond acceptors (Lipinski definition) is 5. The number of amidine groups is 1. The lowest BCUT2D eigenvalue weighted by molar-refractivity contribution is -0.122. The van der Waals surface area contributed by atoms with Crippen molar-refractivity contribution in [3.05, 3.63) is 29.3 Å². The summed E-state index contributed by atoms with van der Waals surface area (Å²) in [6, 6.07) is 6.86. The Balaban J connectivity index is 1.38. The number of benzene rings is 1. The van der Waals surface area contributed by atoms with Gasteiger partial charge in [-0.25, -0.2) is 0 Å². The third-order valence-corrected chi connectivity index (χ3v) is 8.37. The fraction of sp³-hybridized carbons (Fsp3) is 0.524.